The third kappa shape index (κ3) is 3.92. The van der Waals surface area contributed by atoms with Gasteiger partial charge in [-0.1, -0.05) is 32.0 Å². The zero-order valence-corrected chi connectivity index (χ0v) is 20.4. The Morgan fingerprint density at radius 2 is 1.65 bits per heavy atom. The second-order valence-corrected chi connectivity index (χ2v) is 8.95. The Hall–Kier alpha value is -4.86. The van der Waals surface area contributed by atoms with Crippen LogP contribution in [0.25, 0.3) is 11.0 Å². The average Bonchev–Trinajstić information content (AvgIpc) is 3.13. The molecule has 1 aliphatic rings. The summed E-state index contributed by atoms with van der Waals surface area (Å²) in [7, 11) is 0. The number of nitrogens with zero attached hydrogens (tertiary/aromatic N) is 3. The van der Waals surface area contributed by atoms with E-state index >= 15 is 0 Å². The van der Waals surface area contributed by atoms with Crippen LogP contribution in [-0.4, -0.2) is 32.3 Å². The molecule has 2 aromatic carbocycles. The van der Waals surface area contributed by atoms with Crippen molar-refractivity contribution in [2.75, 3.05) is 10.2 Å². The topological polar surface area (TPSA) is 134 Å². The van der Waals surface area contributed by atoms with Crippen LogP contribution in [0.15, 0.2) is 64.2 Å². The lowest BCUT2D eigenvalue weighted by Crippen LogP contribution is -2.32. The number of carbonyl (C=O) groups excluding carboxylic acids is 3. The molecule has 10 heteroatoms. The molecule has 0 saturated carbocycles. The first-order chi connectivity index (χ1) is 17.7. The number of imide groups is 1. The molecule has 0 aliphatic carbocycles. The summed E-state index contributed by atoms with van der Waals surface area (Å²) < 4.78 is 1.31. The van der Waals surface area contributed by atoms with E-state index in [-0.39, 0.29) is 29.1 Å². The molecule has 0 unspecified atom stereocenters. The molecule has 0 fully saturated rings. The summed E-state index contributed by atoms with van der Waals surface area (Å²) in [6.07, 6.45) is 0. The van der Waals surface area contributed by atoms with E-state index < -0.39 is 29.0 Å². The molecule has 0 atom stereocenters. The van der Waals surface area contributed by atoms with E-state index in [0.29, 0.717) is 28.2 Å². The van der Waals surface area contributed by atoms with Gasteiger partial charge in [0, 0.05) is 17.9 Å². The zero-order chi connectivity index (χ0) is 26.4. The fourth-order valence-corrected chi connectivity index (χ4v) is 4.41. The monoisotopic (exact) mass is 497 g/mol. The van der Waals surface area contributed by atoms with Gasteiger partial charge in [-0.25, -0.2) is 14.7 Å². The van der Waals surface area contributed by atoms with Crippen LogP contribution in [0.1, 0.15) is 63.5 Å². The molecule has 0 bridgehead atoms. The molecule has 10 nitrogen and oxygen atoms in total. The van der Waals surface area contributed by atoms with Gasteiger partial charge in [-0.3, -0.25) is 28.7 Å². The van der Waals surface area contributed by atoms with Gasteiger partial charge in [-0.05, 0) is 49.2 Å². The predicted octanol–water partition coefficient (Wildman–Crippen LogP) is 3.28. The van der Waals surface area contributed by atoms with Crippen molar-refractivity contribution in [1.82, 2.24) is 14.5 Å². The van der Waals surface area contributed by atoms with Crippen molar-refractivity contribution >= 4 is 40.1 Å². The number of hydrogen-bond acceptors (Lipinski definition) is 6. The number of benzene rings is 2. The Morgan fingerprint density at radius 3 is 2.27 bits per heavy atom. The smallest absolute Gasteiger partial charge is 0.322 e. The van der Waals surface area contributed by atoms with Crippen molar-refractivity contribution in [2.45, 2.75) is 33.2 Å². The maximum Gasteiger partial charge on any atom is 0.329 e. The standard InChI is InChI=1S/C27H23N5O5/c1-4-31-22-21(24(34)30-27(31)37)19(13-20(29-22)14(2)3)23(33)28-15-8-7-9-16(12-15)32-25(35)17-10-5-6-11-18(17)26(32)36/h5-14H,4H2,1-3H3,(H,28,33)(H,30,34,37). The molecular weight excluding hydrogens is 474 g/mol. The highest BCUT2D eigenvalue weighted by Gasteiger charge is 2.36. The first kappa shape index (κ1) is 23.9. The third-order valence-electron chi connectivity index (χ3n) is 6.28. The number of aromatic amines is 1. The number of nitrogens with one attached hydrogen (secondary N) is 2. The van der Waals surface area contributed by atoms with E-state index in [1.165, 1.54) is 16.7 Å². The average molecular weight is 498 g/mol. The Morgan fingerprint density at radius 1 is 0.973 bits per heavy atom. The van der Waals surface area contributed by atoms with E-state index in [2.05, 4.69) is 15.3 Å². The van der Waals surface area contributed by atoms with Gasteiger partial charge in [0.1, 0.15) is 0 Å². The summed E-state index contributed by atoms with van der Waals surface area (Å²) in [5.41, 5.74) is 0.658. The zero-order valence-electron chi connectivity index (χ0n) is 20.4. The molecule has 5 rings (SSSR count). The summed E-state index contributed by atoms with van der Waals surface area (Å²) in [6, 6.07) is 14.4. The number of rotatable bonds is 5. The van der Waals surface area contributed by atoms with Crippen LogP contribution < -0.4 is 21.5 Å². The highest BCUT2D eigenvalue weighted by Crippen LogP contribution is 2.30. The van der Waals surface area contributed by atoms with E-state index in [1.54, 1.807) is 49.4 Å². The van der Waals surface area contributed by atoms with Gasteiger partial charge in [-0.2, -0.15) is 0 Å². The maximum atomic E-state index is 13.5. The van der Waals surface area contributed by atoms with E-state index in [0.717, 1.165) is 4.90 Å². The fraction of sp³-hybridized carbons (Fsp3) is 0.185. The second-order valence-electron chi connectivity index (χ2n) is 8.95. The first-order valence-electron chi connectivity index (χ1n) is 11.8. The van der Waals surface area contributed by atoms with Crippen molar-refractivity contribution in [3.63, 3.8) is 0 Å². The number of pyridine rings is 1. The van der Waals surface area contributed by atoms with Crippen LogP contribution in [0.5, 0.6) is 0 Å². The van der Waals surface area contributed by atoms with Crippen LogP contribution in [0.4, 0.5) is 11.4 Å². The first-order valence-corrected chi connectivity index (χ1v) is 11.8. The summed E-state index contributed by atoms with van der Waals surface area (Å²) in [5, 5.41) is 2.75. The number of H-pyrrole nitrogens is 1. The van der Waals surface area contributed by atoms with Crippen LogP contribution in [-0.2, 0) is 6.54 Å². The van der Waals surface area contributed by atoms with Crippen LogP contribution in [0.3, 0.4) is 0 Å². The second kappa shape index (κ2) is 8.98. The highest BCUT2D eigenvalue weighted by atomic mass is 16.2. The number of amides is 3. The number of aryl methyl sites for hydroxylation is 1. The lowest BCUT2D eigenvalue weighted by atomic mass is 10.0. The van der Waals surface area contributed by atoms with Crippen LogP contribution in [0.2, 0.25) is 0 Å². The Kier molecular flexibility index (Phi) is 5.79. The van der Waals surface area contributed by atoms with Gasteiger partial charge < -0.3 is 5.32 Å². The van der Waals surface area contributed by atoms with Gasteiger partial charge in [0.15, 0.2) is 5.65 Å². The molecule has 0 saturated heterocycles. The summed E-state index contributed by atoms with van der Waals surface area (Å²) in [6.45, 7) is 5.78. The Labute approximate surface area is 210 Å². The Bertz CT molecular complexity index is 1700. The van der Waals surface area contributed by atoms with Crippen molar-refractivity contribution in [1.29, 1.82) is 0 Å². The number of aromatic nitrogens is 3. The summed E-state index contributed by atoms with van der Waals surface area (Å²) in [5.74, 6) is -1.57. The SMILES string of the molecule is CCn1c(=O)[nH]c(=O)c2c(C(=O)Nc3cccc(N4C(=O)c5ccccc5C4=O)c3)cc(C(C)C)nc21. The van der Waals surface area contributed by atoms with Gasteiger partial charge in [0.2, 0.25) is 0 Å². The molecule has 2 N–H and O–H groups in total. The fourth-order valence-electron chi connectivity index (χ4n) is 4.41. The summed E-state index contributed by atoms with van der Waals surface area (Å²) >= 11 is 0. The van der Waals surface area contributed by atoms with Gasteiger partial charge in [-0.15, -0.1) is 0 Å². The molecule has 3 heterocycles. The molecule has 0 radical (unpaired) electrons. The quantitative estimate of drug-likeness (QED) is 0.407. The van der Waals surface area contributed by atoms with Crippen molar-refractivity contribution in [3.8, 4) is 0 Å². The molecule has 4 aromatic rings. The Balaban J connectivity index is 1.55. The normalized spacial score (nSPS) is 12.9. The minimum absolute atomic E-state index is 0.000136. The summed E-state index contributed by atoms with van der Waals surface area (Å²) in [4.78, 5) is 72.1. The predicted molar refractivity (Wildman–Crippen MR) is 138 cm³/mol. The number of hydrogen-bond donors (Lipinski definition) is 2. The minimum Gasteiger partial charge on any atom is -0.322 e. The molecule has 3 amide bonds. The number of fused-ring (bicyclic) bond motifs is 2. The van der Waals surface area contributed by atoms with Gasteiger partial charge >= 0.3 is 5.69 Å². The van der Waals surface area contributed by atoms with Crippen LogP contribution >= 0.6 is 0 Å². The highest BCUT2D eigenvalue weighted by molar-refractivity contribution is 6.34. The van der Waals surface area contributed by atoms with Crippen molar-refractivity contribution in [2.24, 2.45) is 0 Å². The number of carbonyl (C=O) groups is 3. The van der Waals surface area contributed by atoms with Gasteiger partial charge in [0.05, 0.1) is 27.8 Å². The molecule has 1 aliphatic heterocycles. The lowest BCUT2D eigenvalue weighted by Gasteiger charge is -2.16. The van der Waals surface area contributed by atoms with E-state index in [9.17, 15) is 24.0 Å². The van der Waals surface area contributed by atoms with Crippen LogP contribution in [0, 0.1) is 0 Å². The minimum atomic E-state index is -0.711. The van der Waals surface area contributed by atoms with Gasteiger partial charge in [0.25, 0.3) is 23.3 Å². The van der Waals surface area contributed by atoms with Crippen molar-refractivity contribution < 1.29 is 14.4 Å². The van der Waals surface area contributed by atoms with Crippen molar-refractivity contribution in [3.05, 3.63) is 97.8 Å². The maximum absolute atomic E-state index is 13.5. The van der Waals surface area contributed by atoms with E-state index in [1.807, 2.05) is 13.8 Å². The molecule has 186 valence electrons. The lowest BCUT2D eigenvalue weighted by molar-refractivity contribution is 0.0925. The largest absolute Gasteiger partial charge is 0.329 e. The molecule has 2 aromatic heterocycles. The molecular formula is C27H23N5O5. The number of anilines is 2. The molecule has 37 heavy (non-hydrogen) atoms. The third-order valence-corrected chi connectivity index (χ3v) is 6.28. The van der Waals surface area contributed by atoms with E-state index in [4.69, 9.17) is 0 Å². The molecule has 0 spiro atoms.